The Labute approximate surface area is 207 Å². The smallest absolute Gasteiger partial charge is 0.397 e. The molecule has 16 nitrogen and oxygen atoms in total. The number of ether oxygens (including phenoxy) is 4. The molecule has 2 aliphatic heterocycles. The van der Waals surface area contributed by atoms with Crippen molar-refractivity contribution in [3.8, 4) is 0 Å². The largest absolute Gasteiger partial charge is 0.479 e. The number of nitrogens with one attached hydrogen (secondary N) is 1. The number of hydrogen-bond donors (Lipinski definition) is 7. The van der Waals surface area contributed by atoms with Crippen LogP contribution in [0.5, 0.6) is 0 Å². The zero-order chi connectivity index (χ0) is 27.4. The number of aliphatic carboxylic acids is 1. The molecule has 210 valence electrons. The Morgan fingerprint density at radius 3 is 2.11 bits per heavy atom. The zero-order valence-corrected chi connectivity index (χ0v) is 20.6. The number of hydrogen-bond acceptors (Lipinski definition) is 13. The summed E-state index contributed by atoms with van der Waals surface area (Å²) in [6.45, 7) is 3.65. The maximum atomic E-state index is 11.9. The topological polar surface area (TPSA) is 248 Å². The van der Waals surface area contributed by atoms with Crippen molar-refractivity contribution in [2.24, 2.45) is 0 Å². The van der Waals surface area contributed by atoms with Crippen LogP contribution < -0.4 is 5.32 Å². The van der Waals surface area contributed by atoms with Crippen LogP contribution in [0.3, 0.4) is 0 Å². The summed E-state index contributed by atoms with van der Waals surface area (Å²) in [5.41, 5.74) is 0. The minimum absolute atomic E-state index is 0.445. The van der Waals surface area contributed by atoms with E-state index in [4.69, 9.17) is 23.5 Å². The fraction of sp³-hybridized carbons (Fsp3) is 0.895. The molecule has 0 radical (unpaired) electrons. The highest BCUT2D eigenvalue weighted by Crippen LogP contribution is 2.31. The van der Waals surface area contributed by atoms with E-state index in [1.165, 1.54) is 0 Å². The van der Waals surface area contributed by atoms with Gasteiger partial charge in [0, 0.05) is 6.92 Å². The third kappa shape index (κ3) is 7.75. The molecule has 1 amide bonds. The van der Waals surface area contributed by atoms with E-state index in [-0.39, 0.29) is 0 Å². The molecule has 36 heavy (non-hydrogen) atoms. The van der Waals surface area contributed by atoms with Gasteiger partial charge in [-0.05, 0) is 12.8 Å². The Morgan fingerprint density at radius 2 is 1.61 bits per heavy atom. The Balaban J connectivity index is 2.30. The van der Waals surface area contributed by atoms with Crippen molar-refractivity contribution >= 4 is 22.3 Å². The minimum atomic E-state index is -4.96. The summed E-state index contributed by atoms with van der Waals surface area (Å²) >= 11 is 0. The number of carbonyl (C=O) groups excluding carboxylic acids is 1. The van der Waals surface area contributed by atoms with Gasteiger partial charge in [0.2, 0.25) is 5.91 Å². The molecule has 2 fully saturated rings. The number of aliphatic hydroxyl groups is 4. The van der Waals surface area contributed by atoms with Gasteiger partial charge in [0.1, 0.15) is 42.7 Å². The summed E-state index contributed by atoms with van der Waals surface area (Å²) < 4.78 is 56.3. The Morgan fingerprint density at radius 1 is 1.00 bits per heavy atom. The number of carboxylic acid groups (broad SMARTS) is 1. The third-order valence-corrected chi connectivity index (χ3v) is 6.22. The van der Waals surface area contributed by atoms with Crippen molar-refractivity contribution in [3.63, 3.8) is 0 Å². The zero-order valence-electron chi connectivity index (χ0n) is 19.7. The highest BCUT2D eigenvalue weighted by Gasteiger charge is 2.53. The molecule has 2 aliphatic rings. The van der Waals surface area contributed by atoms with Gasteiger partial charge >= 0.3 is 16.4 Å². The predicted octanol–water partition coefficient (Wildman–Crippen LogP) is -3.12. The van der Waals surface area contributed by atoms with Crippen molar-refractivity contribution in [3.05, 3.63) is 0 Å². The molecular weight excluding hydrogens is 514 g/mol. The van der Waals surface area contributed by atoms with Crippen molar-refractivity contribution < 1.29 is 71.2 Å². The molecule has 0 aromatic heterocycles. The van der Waals surface area contributed by atoms with Gasteiger partial charge in [-0.2, -0.15) is 8.42 Å². The van der Waals surface area contributed by atoms with E-state index in [2.05, 4.69) is 9.50 Å². The maximum absolute atomic E-state index is 11.9. The molecule has 2 saturated heterocycles. The van der Waals surface area contributed by atoms with Gasteiger partial charge in [0.05, 0.1) is 12.7 Å². The predicted molar refractivity (Wildman–Crippen MR) is 114 cm³/mol. The lowest BCUT2D eigenvalue weighted by Gasteiger charge is -2.47. The van der Waals surface area contributed by atoms with Crippen LogP contribution >= 0.6 is 0 Å². The van der Waals surface area contributed by atoms with E-state index in [9.17, 15) is 43.5 Å². The van der Waals surface area contributed by atoms with Crippen molar-refractivity contribution in [2.45, 2.75) is 101 Å². The van der Waals surface area contributed by atoms with Crippen LogP contribution in [0.4, 0.5) is 0 Å². The summed E-state index contributed by atoms with van der Waals surface area (Å²) in [5.74, 6) is -2.25. The van der Waals surface area contributed by atoms with Crippen LogP contribution in [0.1, 0.15) is 33.6 Å². The van der Waals surface area contributed by atoms with E-state index in [0.717, 1.165) is 6.92 Å². The Hall–Kier alpha value is -1.51. The fourth-order valence-corrected chi connectivity index (χ4v) is 4.24. The number of carboxylic acids is 1. The fourth-order valence-electron chi connectivity index (χ4n) is 3.93. The van der Waals surface area contributed by atoms with Crippen LogP contribution in [0, 0.1) is 0 Å². The molecule has 0 aromatic rings. The Kier molecular flexibility index (Phi) is 10.9. The maximum Gasteiger partial charge on any atom is 0.397 e. The molecular formula is C19H33NO15S. The van der Waals surface area contributed by atoms with Gasteiger partial charge in [-0.1, -0.05) is 13.8 Å². The highest BCUT2D eigenvalue weighted by molar-refractivity contribution is 7.80. The summed E-state index contributed by atoms with van der Waals surface area (Å²) in [4.78, 5) is 23.5. The second kappa shape index (κ2) is 12.8. The highest BCUT2D eigenvalue weighted by atomic mass is 32.3. The first-order chi connectivity index (χ1) is 16.7. The quantitative estimate of drug-likeness (QED) is 0.126. The first-order valence-corrected chi connectivity index (χ1v) is 12.5. The van der Waals surface area contributed by atoms with Crippen LogP contribution in [0.2, 0.25) is 0 Å². The summed E-state index contributed by atoms with van der Waals surface area (Å²) in [6, 6.07) is -1.52. The second-order valence-corrected chi connectivity index (χ2v) is 9.47. The van der Waals surface area contributed by atoms with Gasteiger partial charge in [0.15, 0.2) is 18.7 Å². The first kappa shape index (κ1) is 30.7. The minimum Gasteiger partial charge on any atom is -0.479 e. The molecule has 0 bridgehead atoms. The van der Waals surface area contributed by atoms with Gasteiger partial charge in [-0.3, -0.25) is 9.35 Å². The van der Waals surface area contributed by atoms with Crippen LogP contribution in [-0.2, 0) is 43.1 Å². The average molecular weight is 548 g/mol. The monoisotopic (exact) mass is 547 g/mol. The molecule has 10 atom stereocenters. The number of aliphatic hydroxyl groups excluding tert-OH is 4. The van der Waals surface area contributed by atoms with E-state index < -0.39 is 96.3 Å². The van der Waals surface area contributed by atoms with Crippen LogP contribution in [0.25, 0.3) is 0 Å². The van der Waals surface area contributed by atoms with Crippen LogP contribution in [0.15, 0.2) is 0 Å². The van der Waals surface area contributed by atoms with E-state index in [1.54, 1.807) is 13.8 Å². The van der Waals surface area contributed by atoms with E-state index in [0.29, 0.717) is 12.8 Å². The van der Waals surface area contributed by atoms with Gasteiger partial charge in [-0.25, -0.2) is 8.98 Å². The molecule has 0 spiro atoms. The number of amides is 1. The van der Waals surface area contributed by atoms with E-state index in [1.807, 2.05) is 0 Å². The summed E-state index contributed by atoms with van der Waals surface area (Å²) in [7, 11) is -4.96. The molecule has 2 heterocycles. The Bertz CT molecular complexity index is 852. The molecule has 0 saturated carbocycles. The average Bonchev–Trinajstić information content (AvgIpc) is 2.78. The molecule has 0 aromatic carbocycles. The van der Waals surface area contributed by atoms with Gasteiger partial charge < -0.3 is 49.8 Å². The standard InChI is InChI=1S/C19H33NO15S/c1-4-8(5-2)32-15-12(23)13(24)19(35-16(15)17(25)26)34-14-10(20-7(3)21)18(27)33-9(11(14)22)6-31-36(28,29)30/h8-16,18-19,22-24,27H,4-6H2,1-3H3,(H,20,21)(H,25,26)(H,28,29,30). The van der Waals surface area contributed by atoms with Crippen molar-refractivity contribution in [1.82, 2.24) is 5.32 Å². The lowest BCUT2D eigenvalue weighted by Crippen LogP contribution is -2.68. The third-order valence-electron chi connectivity index (χ3n) is 5.78. The molecule has 10 unspecified atom stereocenters. The van der Waals surface area contributed by atoms with Crippen molar-refractivity contribution in [2.75, 3.05) is 6.61 Å². The summed E-state index contributed by atoms with van der Waals surface area (Å²) in [6.07, 6.45) is -15.5. The first-order valence-electron chi connectivity index (χ1n) is 11.2. The molecule has 2 rings (SSSR count). The van der Waals surface area contributed by atoms with Gasteiger partial charge in [0.25, 0.3) is 0 Å². The molecule has 7 N–H and O–H groups in total. The van der Waals surface area contributed by atoms with Gasteiger partial charge in [-0.15, -0.1) is 0 Å². The summed E-state index contributed by atoms with van der Waals surface area (Å²) in [5, 5.41) is 54.2. The van der Waals surface area contributed by atoms with Crippen molar-refractivity contribution in [1.29, 1.82) is 0 Å². The normalized spacial score (nSPS) is 37.6. The molecule has 0 aliphatic carbocycles. The SMILES string of the molecule is CCC(CC)OC1C(C(=O)O)OC(OC2C(O)C(COS(=O)(=O)O)OC(O)C2NC(C)=O)C(O)C1O. The van der Waals surface area contributed by atoms with Crippen LogP contribution in [-0.4, -0.2) is 124 Å². The van der Waals surface area contributed by atoms with E-state index >= 15 is 0 Å². The number of rotatable bonds is 11. The second-order valence-electron chi connectivity index (χ2n) is 8.38. The number of carbonyl (C=O) groups is 2. The lowest BCUT2D eigenvalue weighted by atomic mass is 9.95. The lowest BCUT2D eigenvalue weighted by molar-refractivity contribution is -0.341. The molecule has 17 heteroatoms.